The molecule has 17 heteroatoms. The van der Waals surface area contributed by atoms with Crippen LogP contribution in [-0.2, 0) is 14.2 Å². The Hall–Kier alpha value is 0.490. The fourth-order valence-corrected chi connectivity index (χ4v) is 11.2. The van der Waals surface area contributed by atoms with Crippen LogP contribution in [0.1, 0.15) is 161 Å². The highest BCUT2D eigenvalue weighted by molar-refractivity contribution is 7.99. The van der Waals surface area contributed by atoms with Gasteiger partial charge in [-0.3, -0.25) is 0 Å². The summed E-state index contributed by atoms with van der Waals surface area (Å²) in [6.07, 6.45) is 34.8. The molecule has 13 saturated heterocycles. The van der Waals surface area contributed by atoms with Gasteiger partial charge in [-0.1, -0.05) is 38.5 Å². The van der Waals surface area contributed by atoms with Gasteiger partial charge in [-0.25, -0.2) is 0 Å². The topological polar surface area (TPSA) is 160 Å². The smallest absolute Gasteiger partial charge is 0.0591 e. The first-order valence-electron chi connectivity index (χ1n) is 32.2. The summed E-state index contributed by atoms with van der Waals surface area (Å²) in [4.78, 5) is 0. The molecule has 13 rings (SSSR count). The highest BCUT2D eigenvalue weighted by Crippen LogP contribution is 2.15. The van der Waals surface area contributed by atoms with Gasteiger partial charge in [0.1, 0.15) is 0 Å². The summed E-state index contributed by atoms with van der Waals surface area (Å²) in [5, 5.41) is 35.7. The van der Waals surface area contributed by atoms with E-state index in [0.29, 0.717) is 0 Å². The molecular weight excluding hydrogens is 1010 g/mol. The normalized spacial score (nSPS) is 24.0. The molecule has 76 heavy (non-hydrogen) atoms. The Balaban J connectivity index is 0.000000412. The van der Waals surface area contributed by atoms with Crippen LogP contribution in [0.2, 0.25) is 0 Å². The van der Waals surface area contributed by atoms with Crippen LogP contribution in [0.25, 0.3) is 0 Å². The summed E-state index contributed by atoms with van der Waals surface area (Å²) in [6.45, 7) is 32.0. The van der Waals surface area contributed by atoms with Crippen LogP contribution < -0.4 is 58.5 Å². The van der Waals surface area contributed by atoms with Gasteiger partial charge in [-0.05, 0) is 224 Å². The van der Waals surface area contributed by atoms with Gasteiger partial charge in [-0.15, -0.1) is 0 Å². The molecule has 0 amide bonds. The van der Waals surface area contributed by atoms with E-state index in [1.807, 2.05) is 11.8 Å². The van der Waals surface area contributed by atoms with Crippen LogP contribution in [-0.4, -0.2) is 218 Å². The first-order chi connectivity index (χ1) is 38.0. The van der Waals surface area contributed by atoms with Crippen LogP contribution in [0.15, 0.2) is 0 Å². The van der Waals surface area contributed by atoms with Crippen molar-refractivity contribution in [2.45, 2.75) is 161 Å². The molecule has 0 aromatic heterocycles. The van der Waals surface area contributed by atoms with E-state index in [9.17, 15) is 0 Å². The lowest BCUT2D eigenvalue weighted by molar-refractivity contribution is 0.0968. The predicted molar refractivity (Wildman–Crippen MR) is 341 cm³/mol. The Kier molecular flexibility index (Phi) is 70.2. The van der Waals surface area contributed by atoms with Crippen LogP contribution >= 0.6 is 35.3 Å². The lowest BCUT2D eigenvalue weighted by Gasteiger charge is -2.11. The zero-order chi connectivity index (χ0) is 53.7. The average molecular weight is 1140 g/mol. The third-order valence-corrected chi connectivity index (χ3v) is 16.7. The molecule has 13 aliphatic rings. The second-order valence-corrected chi connectivity index (χ2v) is 24.4. The molecule has 0 atom stereocenters. The van der Waals surface area contributed by atoms with Gasteiger partial charge in [-0.2, -0.15) is 35.3 Å². The number of hydrogen-bond donors (Lipinski definition) is 11. The van der Waals surface area contributed by atoms with Gasteiger partial charge in [0.2, 0.25) is 0 Å². The van der Waals surface area contributed by atoms with Gasteiger partial charge < -0.3 is 72.7 Å². The van der Waals surface area contributed by atoms with Crippen molar-refractivity contribution in [3.63, 3.8) is 0 Å². The minimum absolute atomic E-state index is 0.889. The van der Waals surface area contributed by atoms with E-state index >= 15 is 0 Å². The Bertz CT molecular complexity index is 685. The van der Waals surface area contributed by atoms with Crippen LogP contribution in [0.5, 0.6) is 0 Å². The zero-order valence-electron chi connectivity index (χ0n) is 49.7. The Labute approximate surface area is 484 Å². The monoisotopic (exact) mass is 1140 g/mol. The molecule has 11 N–H and O–H groups in total. The molecule has 0 unspecified atom stereocenters. The molecule has 0 saturated carbocycles. The van der Waals surface area contributed by atoms with Gasteiger partial charge in [0.15, 0.2) is 0 Å². The minimum Gasteiger partial charge on any atom is -0.381 e. The Morgan fingerprint density at radius 2 is 0.355 bits per heavy atom. The Morgan fingerprint density at radius 3 is 0.553 bits per heavy atom. The molecule has 456 valence electrons. The molecule has 13 aliphatic heterocycles. The maximum Gasteiger partial charge on any atom is 0.0591 e. The zero-order valence-corrected chi connectivity index (χ0v) is 52.1. The number of ether oxygens (including phenoxy) is 3. The van der Waals surface area contributed by atoms with E-state index in [1.165, 1.54) is 287 Å². The highest BCUT2D eigenvalue weighted by atomic mass is 32.2. The standard InChI is InChI=1S/2C6H13N.C5H12N2.C5H11N.C5H10O.C5H10S.C4H10N2.C4H9NO.C4H9NS.C4H9N.C4H8O.C4H8S.C3H7N/c2*1-2-4-6-7-5-3-1;1-2-6-4-5-7-3-1;3*1-2-4-6-5-3-1;1-2-6-4-3-5-1;2*1-3-6-4-2-5-1;3*1-2-4-5-3-1;1-2-4-3-1/h2*7H,1-6H2;6-7H,1-5H2;6H,1-5H2;2*1-5H2;5-6H,1-4H2;2*5H,1-4H2;5H,1-4H2;2*1-4H2;4H,1-3H2. The third-order valence-electron chi connectivity index (χ3n) is 13.4. The number of morpholine rings is 1. The Morgan fingerprint density at radius 1 is 0.145 bits per heavy atom. The maximum atomic E-state index is 5.07. The summed E-state index contributed by atoms with van der Waals surface area (Å²) in [6, 6.07) is 0. The average Bonchev–Trinajstić information content (AvgIpc) is 4.30. The van der Waals surface area contributed by atoms with Crippen molar-refractivity contribution < 1.29 is 14.2 Å². The molecular formula is C59H129N11O3S3. The first kappa shape index (κ1) is 74.5. The van der Waals surface area contributed by atoms with E-state index < -0.39 is 0 Å². The molecule has 13 heterocycles. The molecule has 14 nitrogen and oxygen atoms in total. The lowest BCUT2D eigenvalue weighted by atomic mass is 10.2. The highest BCUT2D eigenvalue weighted by Gasteiger charge is 2.00. The number of rotatable bonds is 0. The second kappa shape index (κ2) is 71.6. The summed E-state index contributed by atoms with van der Waals surface area (Å²) in [5.74, 6) is 8.28. The van der Waals surface area contributed by atoms with E-state index in [2.05, 4.69) is 82.0 Å². The van der Waals surface area contributed by atoms with Crippen LogP contribution in [0.3, 0.4) is 0 Å². The van der Waals surface area contributed by atoms with Crippen molar-refractivity contribution in [3.05, 3.63) is 0 Å². The van der Waals surface area contributed by atoms with E-state index in [1.54, 1.807) is 0 Å². The fourth-order valence-electron chi connectivity index (χ4n) is 8.36. The van der Waals surface area contributed by atoms with E-state index in [4.69, 9.17) is 14.2 Å². The number of hydrogen-bond acceptors (Lipinski definition) is 17. The third kappa shape index (κ3) is 68.8. The summed E-state index contributed by atoms with van der Waals surface area (Å²) in [7, 11) is 0. The number of thioether (sulfide) groups is 3. The van der Waals surface area contributed by atoms with Crippen molar-refractivity contribution in [2.24, 2.45) is 0 Å². The summed E-state index contributed by atoms with van der Waals surface area (Å²) in [5.41, 5.74) is 0. The number of nitrogens with one attached hydrogen (secondary N) is 11. The molecule has 0 radical (unpaired) electrons. The van der Waals surface area contributed by atoms with Crippen LogP contribution in [0, 0.1) is 0 Å². The summed E-state index contributed by atoms with van der Waals surface area (Å²) >= 11 is 6.20. The van der Waals surface area contributed by atoms with Gasteiger partial charge >= 0.3 is 0 Å². The number of piperazine rings is 1. The largest absolute Gasteiger partial charge is 0.381 e. The fraction of sp³-hybridized carbons (Fsp3) is 1.00. The minimum atomic E-state index is 0.889. The molecule has 0 aromatic carbocycles. The molecule has 13 fully saturated rings. The van der Waals surface area contributed by atoms with Crippen molar-refractivity contribution in [2.75, 3.05) is 218 Å². The van der Waals surface area contributed by atoms with Crippen molar-refractivity contribution in [1.29, 1.82) is 0 Å². The van der Waals surface area contributed by atoms with Crippen molar-refractivity contribution in [3.8, 4) is 0 Å². The number of piperidine rings is 1. The molecule has 0 aliphatic carbocycles. The van der Waals surface area contributed by atoms with Gasteiger partial charge in [0.05, 0.1) is 13.2 Å². The predicted octanol–water partition coefficient (Wildman–Crippen LogP) is 7.49. The van der Waals surface area contributed by atoms with Crippen molar-refractivity contribution in [1.82, 2.24) is 58.5 Å². The SMILES string of the molecule is C1CCCNCC1.C1CCCNCC1.C1CCNC1.C1CCNCC1.C1CCOC1.C1CCOCC1.C1CCSC1.C1CCSCC1.C1CNC1.C1CNCCN1.C1CNCCNC1.C1COCCN1.C1CSCCN1. The quantitative estimate of drug-likeness (QED) is 0.116. The second-order valence-electron chi connectivity index (χ2n) is 20.8. The molecule has 0 aromatic rings. The first-order valence-corrected chi connectivity index (χ1v) is 35.7. The van der Waals surface area contributed by atoms with Crippen LogP contribution in [0.4, 0.5) is 0 Å². The maximum absolute atomic E-state index is 5.07. The lowest BCUT2D eigenvalue weighted by Crippen LogP contribution is -2.39. The van der Waals surface area contributed by atoms with E-state index in [-0.39, 0.29) is 0 Å². The molecule has 0 spiro atoms. The van der Waals surface area contributed by atoms with Gasteiger partial charge in [0.25, 0.3) is 0 Å². The van der Waals surface area contributed by atoms with Gasteiger partial charge in [0, 0.05) is 103 Å². The van der Waals surface area contributed by atoms with E-state index in [0.717, 1.165) is 92.0 Å². The molecule has 0 bridgehead atoms. The summed E-state index contributed by atoms with van der Waals surface area (Å²) < 4.78 is 15.0. The van der Waals surface area contributed by atoms with Crippen molar-refractivity contribution >= 4 is 35.3 Å².